The molecule has 60 valence electrons. The first kappa shape index (κ1) is 10.0. The molecule has 0 fully saturated rings. The average Bonchev–Trinajstić information content (AvgIpc) is 1.84. The Labute approximate surface area is 66.6 Å². The van der Waals surface area contributed by atoms with Crippen molar-refractivity contribution in [3.8, 4) is 0 Å². The fraction of sp³-hybridized carbons (Fsp3) is 0.667. The molecule has 0 aliphatic rings. The molecule has 0 spiro atoms. The van der Waals surface area contributed by atoms with Crippen LogP contribution in [0.1, 0.15) is 13.3 Å². The minimum atomic E-state index is -2.90. The lowest BCUT2D eigenvalue weighted by molar-refractivity contribution is 0.603. The third kappa shape index (κ3) is 4.88. The zero-order valence-corrected chi connectivity index (χ0v) is 7.83. The van der Waals surface area contributed by atoms with Gasteiger partial charge in [0.25, 0.3) is 0 Å². The van der Waals surface area contributed by atoms with Crippen LogP contribution in [0.2, 0.25) is 0 Å². The van der Waals surface area contributed by atoms with E-state index in [0.29, 0.717) is 6.42 Å². The minimum Gasteiger partial charge on any atom is -0.224 e. The Hall–Kier alpha value is 0.0400. The van der Waals surface area contributed by atoms with E-state index in [0.717, 1.165) is 0 Å². The Kier molecular flexibility index (Phi) is 4.81. The molecule has 0 aliphatic heterocycles. The molecule has 2 nitrogen and oxygen atoms in total. The highest BCUT2D eigenvalue weighted by Crippen LogP contribution is 2.00. The third-order valence-corrected chi connectivity index (χ3v) is 3.00. The van der Waals surface area contributed by atoms with Crippen LogP contribution in [0.5, 0.6) is 0 Å². The average molecular weight is 180 g/mol. The Morgan fingerprint density at radius 2 is 2.10 bits per heavy atom. The summed E-state index contributed by atoms with van der Waals surface area (Å²) in [5, 5.41) is 2.85. The summed E-state index contributed by atoms with van der Waals surface area (Å²) >= 11 is 1.39. The van der Waals surface area contributed by atoms with E-state index in [9.17, 15) is 8.42 Å². The van der Waals surface area contributed by atoms with Crippen LogP contribution in [0.3, 0.4) is 0 Å². The molecule has 0 saturated carbocycles. The predicted octanol–water partition coefficient (Wildman–Crippen LogP) is 1.65. The number of hydrogen-bond acceptors (Lipinski definition) is 3. The van der Waals surface area contributed by atoms with Crippen LogP contribution in [0.4, 0.5) is 0 Å². The Morgan fingerprint density at radius 3 is 2.50 bits per heavy atom. The Bertz CT molecular complexity index is 192. The number of sulfone groups is 1. The van der Waals surface area contributed by atoms with Crippen LogP contribution < -0.4 is 0 Å². The topological polar surface area (TPSA) is 34.1 Å². The van der Waals surface area contributed by atoms with E-state index in [4.69, 9.17) is 0 Å². The first-order chi connectivity index (χ1) is 4.62. The van der Waals surface area contributed by atoms with Crippen LogP contribution in [0, 0.1) is 0 Å². The molecule has 0 unspecified atom stereocenters. The van der Waals surface area contributed by atoms with Crippen LogP contribution >= 0.6 is 11.8 Å². The molecule has 0 amide bonds. The van der Waals surface area contributed by atoms with Gasteiger partial charge in [-0.2, -0.15) is 0 Å². The second-order valence-electron chi connectivity index (χ2n) is 1.87. The molecule has 0 radical (unpaired) electrons. The predicted molar refractivity (Wildman–Crippen MR) is 46.7 cm³/mol. The first-order valence-electron chi connectivity index (χ1n) is 3.04. The quantitative estimate of drug-likeness (QED) is 0.659. The van der Waals surface area contributed by atoms with Gasteiger partial charge in [-0.15, -0.1) is 11.8 Å². The highest BCUT2D eigenvalue weighted by molar-refractivity contribution is 8.02. The maximum atomic E-state index is 10.9. The molecule has 0 heterocycles. The van der Waals surface area contributed by atoms with Crippen molar-refractivity contribution in [1.29, 1.82) is 0 Å². The van der Waals surface area contributed by atoms with Crippen molar-refractivity contribution in [2.24, 2.45) is 0 Å². The van der Waals surface area contributed by atoms with Crippen LogP contribution in [-0.4, -0.2) is 20.4 Å². The van der Waals surface area contributed by atoms with Crippen molar-refractivity contribution in [3.05, 3.63) is 10.8 Å². The van der Waals surface area contributed by atoms with Gasteiger partial charge in [0.05, 0.1) is 5.75 Å². The normalized spacial score (nSPS) is 12.6. The lowest BCUT2D eigenvalue weighted by atomic mass is 10.6. The maximum absolute atomic E-state index is 10.9. The lowest BCUT2D eigenvalue weighted by Gasteiger charge is -1.91. The molecule has 10 heavy (non-hydrogen) atoms. The van der Waals surface area contributed by atoms with Gasteiger partial charge in [0.15, 0.2) is 9.84 Å². The lowest BCUT2D eigenvalue weighted by Crippen LogP contribution is -1.99. The van der Waals surface area contributed by atoms with Crippen LogP contribution in [0.15, 0.2) is 10.8 Å². The largest absolute Gasteiger partial charge is 0.224 e. The van der Waals surface area contributed by atoms with E-state index in [1.807, 2.05) is 13.2 Å². The highest BCUT2D eigenvalue weighted by atomic mass is 32.2. The zero-order chi connectivity index (χ0) is 8.04. The number of thioether (sulfide) groups is 1. The van der Waals surface area contributed by atoms with Gasteiger partial charge in [-0.25, -0.2) is 8.42 Å². The fourth-order valence-electron chi connectivity index (χ4n) is 0.493. The molecule has 0 atom stereocenters. The monoisotopic (exact) mass is 180 g/mol. The first-order valence-corrected chi connectivity index (χ1v) is 6.05. The molecule has 0 bridgehead atoms. The van der Waals surface area contributed by atoms with E-state index in [2.05, 4.69) is 0 Å². The van der Waals surface area contributed by atoms with E-state index < -0.39 is 9.84 Å². The summed E-state index contributed by atoms with van der Waals surface area (Å²) < 4.78 is 21.8. The fourth-order valence-corrected chi connectivity index (χ4v) is 2.32. The standard InChI is InChI=1S/C6H12O2S2/c1-3-5-10(7,8)6-4-9-2/h4,6H,3,5H2,1-2H3/b6-4+. The molecule has 0 saturated heterocycles. The van der Waals surface area contributed by atoms with E-state index in [1.165, 1.54) is 17.2 Å². The number of hydrogen-bond donors (Lipinski definition) is 0. The number of rotatable bonds is 4. The molecule has 0 rings (SSSR count). The van der Waals surface area contributed by atoms with Gasteiger partial charge in [0.2, 0.25) is 0 Å². The second kappa shape index (κ2) is 4.79. The molecular weight excluding hydrogens is 168 g/mol. The van der Waals surface area contributed by atoms with Crippen molar-refractivity contribution in [2.75, 3.05) is 12.0 Å². The molecular formula is C6H12O2S2. The Balaban J connectivity index is 4.01. The molecule has 0 aromatic rings. The maximum Gasteiger partial charge on any atom is 0.172 e. The SMILES string of the molecule is CCCS(=O)(=O)/C=C/SC. The van der Waals surface area contributed by atoms with Gasteiger partial charge in [-0.3, -0.25) is 0 Å². The summed E-state index contributed by atoms with van der Waals surface area (Å²) in [6.07, 6.45) is 2.51. The van der Waals surface area contributed by atoms with Gasteiger partial charge in [-0.05, 0) is 18.1 Å². The summed E-state index contributed by atoms with van der Waals surface area (Å²) in [5.41, 5.74) is 0. The molecule has 0 N–H and O–H groups in total. The van der Waals surface area contributed by atoms with Gasteiger partial charge in [0, 0.05) is 5.41 Å². The summed E-state index contributed by atoms with van der Waals surface area (Å²) in [4.78, 5) is 0. The second-order valence-corrected chi connectivity index (χ2v) is 4.62. The van der Waals surface area contributed by atoms with Gasteiger partial charge in [-0.1, -0.05) is 6.92 Å². The van der Waals surface area contributed by atoms with Crippen molar-refractivity contribution in [3.63, 3.8) is 0 Å². The molecule has 0 aliphatic carbocycles. The van der Waals surface area contributed by atoms with E-state index in [1.54, 1.807) is 5.41 Å². The zero-order valence-electron chi connectivity index (χ0n) is 6.20. The van der Waals surface area contributed by atoms with Gasteiger partial charge < -0.3 is 0 Å². The molecule has 4 heteroatoms. The smallest absolute Gasteiger partial charge is 0.172 e. The van der Waals surface area contributed by atoms with Crippen molar-refractivity contribution in [1.82, 2.24) is 0 Å². The minimum absolute atomic E-state index is 0.254. The van der Waals surface area contributed by atoms with Crippen molar-refractivity contribution < 1.29 is 8.42 Å². The summed E-state index contributed by atoms with van der Waals surface area (Å²) in [6.45, 7) is 1.85. The highest BCUT2D eigenvalue weighted by Gasteiger charge is 2.01. The molecule has 0 aromatic heterocycles. The van der Waals surface area contributed by atoms with Crippen molar-refractivity contribution >= 4 is 21.6 Å². The summed E-state index contributed by atoms with van der Waals surface area (Å²) in [6, 6.07) is 0. The third-order valence-electron chi connectivity index (χ3n) is 0.888. The summed E-state index contributed by atoms with van der Waals surface area (Å²) in [5.74, 6) is 0.254. The molecule has 0 aromatic carbocycles. The summed E-state index contributed by atoms with van der Waals surface area (Å²) in [7, 11) is -2.90. The van der Waals surface area contributed by atoms with Gasteiger partial charge >= 0.3 is 0 Å². The van der Waals surface area contributed by atoms with E-state index >= 15 is 0 Å². The van der Waals surface area contributed by atoms with Crippen molar-refractivity contribution in [2.45, 2.75) is 13.3 Å². The van der Waals surface area contributed by atoms with Crippen LogP contribution in [0.25, 0.3) is 0 Å². The van der Waals surface area contributed by atoms with Crippen LogP contribution in [-0.2, 0) is 9.84 Å². The van der Waals surface area contributed by atoms with E-state index in [-0.39, 0.29) is 5.75 Å². The Morgan fingerprint density at radius 1 is 1.50 bits per heavy atom. The van der Waals surface area contributed by atoms with Gasteiger partial charge in [0.1, 0.15) is 0 Å².